The quantitative estimate of drug-likeness (QED) is 0.714. The van der Waals surface area contributed by atoms with Crippen LogP contribution in [-0.4, -0.2) is 16.6 Å². The molecular weight excluding hydrogens is 298 g/mol. The van der Waals surface area contributed by atoms with Crippen molar-refractivity contribution in [3.8, 4) is 17.0 Å². The van der Waals surface area contributed by atoms with Crippen molar-refractivity contribution in [1.29, 1.82) is 0 Å². The van der Waals surface area contributed by atoms with Gasteiger partial charge in [-0.15, -0.1) is 0 Å². The van der Waals surface area contributed by atoms with Crippen LogP contribution in [0.5, 0.6) is 5.75 Å². The molecule has 1 N–H and O–H groups in total. The van der Waals surface area contributed by atoms with Crippen LogP contribution in [0.25, 0.3) is 11.3 Å². The largest absolute Gasteiger partial charge is 0.494 e. The van der Waals surface area contributed by atoms with Crippen LogP contribution in [0.4, 0.5) is 5.82 Å². The van der Waals surface area contributed by atoms with Gasteiger partial charge in [0.1, 0.15) is 11.6 Å². The van der Waals surface area contributed by atoms with Crippen molar-refractivity contribution in [1.82, 2.24) is 9.97 Å². The molecule has 24 heavy (non-hydrogen) atoms. The summed E-state index contributed by atoms with van der Waals surface area (Å²) in [6.07, 6.45) is 3.52. The van der Waals surface area contributed by atoms with Gasteiger partial charge in [0.2, 0.25) is 0 Å². The lowest BCUT2D eigenvalue weighted by molar-refractivity contribution is 0.340. The molecule has 0 amide bonds. The normalized spacial score (nSPS) is 11.8. The first-order valence-corrected chi connectivity index (χ1v) is 8.13. The van der Waals surface area contributed by atoms with E-state index in [-0.39, 0.29) is 6.04 Å². The Kier molecular flexibility index (Phi) is 5.06. The molecule has 0 fully saturated rings. The third-order valence-corrected chi connectivity index (χ3v) is 3.76. The zero-order valence-corrected chi connectivity index (χ0v) is 13.9. The third-order valence-electron chi connectivity index (χ3n) is 3.76. The Morgan fingerprint density at radius 1 is 1.00 bits per heavy atom. The van der Waals surface area contributed by atoms with Crippen LogP contribution in [0.2, 0.25) is 0 Å². The van der Waals surface area contributed by atoms with Gasteiger partial charge in [0.05, 0.1) is 24.7 Å². The number of hydrogen-bond donors (Lipinski definition) is 1. The summed E-state index contributed by atoms with van der Waals surface area (Å²) in [5.41, 5.74) is 3.07. The fourth-order valence-electron chi connectivity index (χ4n) is 2.51. The molecule has 122 valence electrons. The van der Waals surface area contributed by atoms with E-state index >= 15 is 0 Å². The van der Waals surface area contributed by atoms with Crippen molar-refractivity contribution < 1.29 is 4.74 Å². The first-order chi connectivity index (χ1) is 11.8. The van der Waals surface area contributed by atoms with E-state index < -0.39 is 0 Å². The van der Waals surface area contributed by atoms with E-state index in [1.54, 1.807) is 12.4 Å². The average molecular weight is 319 g/mol. The zero-order valence-electron chi connectivity index (χ0n) is 13.9. The lowest BCUT2D eigenvalue weighted by atomic mass is 10.1. The van der Waals surface area contributed by atoms with Crippen LogP contribution < -0.4 is 10.1 Å². The molecule has 4 nitrogen and oxygen atoms in total. The second kappa shape index (κ2) is 7.59. The van der Waals surface area contributed by atoms with Crippen molar-refractivity contribution in [3.05, 3.63) is 72.6 Å². The summed E-state index contributed by atoms with van der Waals surface area (Å²) >= 11 is 0. The molecule has 3 rings (SSSR count). The summed E-state index contributed by atoms with van der Waals surface area (Å²) in [6.45, 7) is 4.75. The molecule has 0 unspecified atom stereocenters. The average Bonchev–Trinajstić information content (AvgIpc) is 2.63. The Bertz CT molecular complexity index is 772. The van der Waals surface area contributed by atoms with Crippen molar-refractivity contribution in [3.63, 3.8) is 0 Å². The summed E-state index contributed by atoms with van der Waals surface area (Å²) in [5, 5.41) is 3.40. The van der Waals surface area contributed by atoms with E-state index in [9.17, 15) is 0 Å². The number of hydrogen-bond acceptors (Lipinski definition) is 4. The maximum Gasteiger partial charge on any atom is 0.145 e. The number of nitrogens with zero attached hydrogens (tertiary/aromatic N) is 2. The van der Waals surface area contributed by atoms with Gasteiger partial charge in [-0.2, -0.15) is 0 Å². The van der Waals surface area contributed by atoms with Gasteiger partial charge in [-0.05, 0) is 43.7 Å². The van der Waals surface area contributed by atoms with Gasteiger partial charge in [-0.1, -0.05) is 30.3 Å². The first kappa shape index (κ1) is 16.0. The molecule has 0 aliphatic carbocycles. The summed E-state index contributed by atoms with van der Waals surface area (Å²) in [4.78, 5) is 8.98. The van der Waals surface area contributed by atoms with Crippen LogP contribution in [0.3, 0.4) is 0 Å². The molecule has 1 aromatic heterocycles. The van der Waals surface area contributed by atoms with Crippen molar-refractivity contribution in [2.24, 2.45) is 0 Å². The molecule has 1 heterocycles. The molecule has 0 saturated carbocycles. The monoisotopic (exact) mass is 319 g/mol. The molecule has 0 saturated heterocycles. The second-order valence-corrected chi connectivity index (χ2v) is 5.52. The predicted octanol–water partition coefficient (Wildman–Crippen LogP) is 4.72. The number of anilines is 1. The molecule has 0 radical (unpaired) electrons. The minimum absolute atomic E-state index is 0.163. The van der Waals surface area contributed by atoms with Crippen molar-refractivity contribution in [2.45, 2.75) is 19.9 Å². The van der Waals surface area contributed by atoms with Crippen molar-refractivity contribution >= 4 is 5.82 Å². The highest BCUT2D eigenvalue weighted by Crippen LogP contribution is 2.23. The van der Waals surface area contributed by atoms with Gasteiger partial charge < -0.3 is 10.1 Å². The van der Waals surface area contributed by atoms with Gasteiger partial charge in [0.25, 0.3) is 0 Å². The Hall–Kier alpha value is -2.88. The molecule has 0 bridgehead atoms. The number of rotatable bonds is 6. The minimum atomic E-state index is 0.163. The molecule has 0 aliphatic rings. The number of nitrogens with one attached hydrogen (secondary N) is 1. The zero-order chi connectivity index (χ0) is 16.8. The summed E-state index contributed by atoms with van der Waals surface area (Å²) in [5.74, 6) is 1.62. The van der Waals surface area contributed by atoms with E-state index in [1.807, 2.05) is 49.4 Å². The molecule has 0 aliphatic heterocycles. The lowest BCUT2D eigenvalue weighted by Crippen LogP contribution is -2.08. The van der Waals surface area contributed by atoms with E-state index in [4.69, 9.17) is 4.74 Å². The number of ether oxygens (including phenoxy) is 1. The molecule has 4 heteroatoms. The molecule has 3 aromatic rings. The summed E-state index contributed by atoms with van der Waals surface area (Å²) in [6, 6.07) is 18.4. The SMILES string of the molecule is CCOc1ccc(-c2cncc(N[C@@H](C)c3ccccc3)n2)cc1. The maximum atomic E-state index is 5.47. The Labute approximate surface area is 142 Å². The van der Waals surface area contributed by atoms with Gasteiger partial charge in [0, 0.05) is 11.6 Å². The summed E-state index contributed by atoms with van der Waals surface area (Å²) < 4.78 is 5.47. The van der Waals surface area contributed by atoms with E-state index in [2.05, 4.69) is 34.3 Å². The summed E-state index contributed by atoms with van der Waals surface area (Å²) in [7, 11) is 0. The minimum Gasteiger partial charge on any atom is -0.494 e. The fourth-order valence-corrected chi connectivity index (χ4v) is 2.51. The highest BCUT2D eigenvalue weighted by molar-refractivity contribution is 5.61. The van der Waals surface area contributed by atoms with Crippen LogP contribution in [0.15, 0.2) is 67.0 Å². The smallest absolute Gasteiger partial charge is 0.145 e. The van der Waals surface area contributed by atoms with Gasteiger partial charge in [-0.3, -0.25) is 4.98 Å². The Morgan fingerprint density at radius 2 is 1.75 bits per heavy atom. The van der Waals surface area contributed by atoms with E-state index in [0.717, 1.165) is 22.8 Å². The van der Waals surface area contributed by atoms with Crippen LogP contribution in [0.1, 0.15) is 25.5 Å². The van der Waals surface area contributed by atoms with Crippen LogP contribution in [0, 0.1) is 0 Å². The van der Waals surface area contributed by atoms with Gasteiger partial charge in [-0.25, -0.2) is 4.98 Å². The highest BCUT2D eigenvalue weighted by Gasteiger charge is 2.07. The predicted molar refractivity (Wildman–Crippen MR) is 97.1 cm³/mol. The van der Waals surface area contributed by atoms with Gasteiger partial charge >= 0.3 is 0 Å². The van der Waals surface area contributed by atoms with Crippen LogP contribution >= 0.6 is 0 Å². The first-order valence-electron chi connectivity index (χ1n) is 8.13. The van der Waals surface area contributed by atoms with E-state index in [0.29, 0.717) is 6.61 Å². The third kappa shape index (κ3) is 3.90. The maximum absolute atomic E-state index is 5.47. The number of aromatic nitrogens is 2. The standard InChI is InChI=1S/C20H21N3O/c1-3-24-18-11-9-17(10-12-18)19-13-21-14-20(23-19)22-15(2)16-7-5-4-6-8-16/h4-15H,3H2,1-2H3,(H,22,23)/t15-/m0/s1. The molecule has 1 atom stereocenters. The fraction of sp³-hybridized carbons (Fsp3) is 0.200. The van der Waals surface area contributed by atoms with Crippen molar-refractivity contribution in [2.75, 3.05) is 11.9 Å². The molecule has 0 spiro atoms. The van der Waals surface area contributed by atoms with Gasteiger partial charge in [0.15, 0.2) is 0 Å². The topological polar surface area (TPSA) is 47.0 Å². The second-order valence-electron chi connectivity index (χ2n) is 5.52. The molecular formula is C20H21N3O. The Balaban J connectivity index is 1.76. The Morgan fingerprint density at radius 3 is 2.46 bits per heavy atom. The number of benzene rings is 2. The van der Waals surface area contributed by atoms with E-state index in [1.165, 1.54) is 5.56 Å². The van der Waals surface area contributed by atoms with Crippen LogP contribution in [-0.2, 0) is 0 Å². The lowest BCUT2D eigenvalue weighted by Gasteiger charge is -2.15. The molecule has 2 aromatic carbocycles. The highest BCUT2D eigenvalue weighted by atomic mass is 16.5.